The third-order valence-electron chi connectivity index (χ3n) is 4.07. The Morgan fingerprint density at radius 3 is 2.67 bits per heavy atom. The van der Waals surface area contributed by atoms with Crippen LogP contribution in [-0.2, 0) is 13.1 Å². The quantitative estimate of drug-likeness (QED) is 0.565. The van der Waals surface area contributed by atoms with Crippen LogP contribution < -0.4 is 0 Å². The lowest BCUT2D eigenvalue weighted by Crippen LogP contribution is -2.17. The molecule has 136 valence electrons. The SMILES string of the molecule is CN(Cc1nnc(-c2cccnc2)o1)Cc1cn[nH]c1-c1ccc(F)cc1. The van der Waals surface area contributed by atoms with E-state index >= 15 is 0 Å². The summed E-state index contributed by atoms with van der Waals surface area (Å²) in [4.78, 5) is 6.09. The van der Waals surface area contributed by atoms with E-state index in [0.29, 0.717) is 24.9 Å². The maximum atomic E-state index is 13.1. The summed E-state index contributed by atoms with van der Waals surface area (Å²) >= 11 is 0. The van der Waals surface area contributed by atoms with Gasteiger partial charge in [-0.25, -0.2) is 4.39 Å². The van der Waals surface area contributed by atoms with Crippen LogP contribution in [0, 0.1) is 5.82 Å². The summed E-state index contributed by atoms with van der Waals surface area (Å²) in [5.41, 5.74) is 3.53. The summed E-state index contributed by atoms with van der Waals surface area (Å²) in [6.45, 7) is 1.11. The molecular formula is C19H17FN6O. The highest BCUT2D eigenvalue weighted by Gasteiger charge is 2.14. The Morgan fingerprint density at radius 2 is 1.89 bits per heavy atom. The zero-order valence-corrected chi connectivity index (χ0v) is 14.6. The Bertz CT molecular complexity index is 1010. The smallest absolute Gasteiger partial charge is 0.249 e. The molecule has 27 heavy (non-hydrogen) atoms. The number of nitrogens with one attached hydrogen (secondary N) is 1. The van der Waals surface area contributed by atoms with E-state index in [1.54, 1.807) is 30.7 Å². The van der Waals surface area contributed by atoms with Gasteiger partial charge in [-0.3, -0.25) is 15.0 Å². The summed E-state index contributed by atoms with van der Waals surface area (Å²) in [6, 6.07) is 10.0. The number of rotatable bonds is 6. The number of hydrogen-bond acceptors (Lipinski definition) is 6. The van der Waals surface area contributed by atoms with Gasteiger partial charge in [0, 0.05) is 30.1 Å². The van der Waals surface area contributed by atoms with Gasteiger partial charge in [-0.15, -0.1) is 10.2 Å². The molecule has 0 radical (unpaired) electrons. The van der Waals surface area contributed by atoms with Crippen molar-refractivity contribution in [1.82, 2.24) is 30.3 Å². The molecule has 0 saturated carbocycles. The number of pyridine rings is 1. The highest BCUT2D eigenvalue weighted by molar-refractivity contribution is 5.62. The first-order chi connectivity index (χ1) is 13.2. The molecule has 0 aliphatic heterocycles. The molecule has 7 nitrogen and oxygen atoms in total. The molecular weight excluding hydrogens is 347 g/mol. The van der Waals surface area contributed by atoms with Crippen molar-refractivity contribution in [2.45, 2.75) is 13.1 Å². The zero-order chi connectivity index (χ0) is 18.6. The molecule has 0 fully saturated rings. The number of halogens is 1. The van der Waals surface area contributed by atoms with Gasteiger partial charge in [-0.2, -0.15) is 5.10 Å². The van der Waals surface area contributed by atoms with Crippen LogP contribution in [0.1, 0.15) is 11.5 Å². The fourth-order valence-corrected chi connectivity index (χ4v) is 2.80. The molecule has 3 aromatic heterocycles. The molecule has 4 rings (SSSR count). The number of aromatic amines is 1. The van der Waals surface area contributed by atoms with E-state index in [-0.39, 0.29) is 5.82 Å². The van der Waals surface area contributed by atoms with Crippen LogP contribution in [0.15, 0.2) is 59.4 Å². The average Bonchev–Trinajstić information content (AvgIpc) is 3.33. The lowest BCUT2D eigenvalue weighted by molar-refractivity contribution is 0.283. The van der Waals surface area contributed by atoms with E-state index in [2.05, 4.69) is 25.4 Å². The molecule has 0 aliphatic rings. The molecule has 0 spiro atoms. The van der Waals surface area contributed by atoms with E-state index in [1.807, 2.05) is 24.1 Å². The first-order valence-electron chi connectivity index (χ1n) is 8.38. The summed E-state index contributed by atoms with van der Waals surface area (Å²) < 4.78 is 18.9. The second-order valence-corrected chi connectivity index (χ2v) is 6.19. The van der Waals surface area contributed by atoms with Gasteiger partial charge in [0.15, 0.2) is 0 Å². The molecule has 0 atom stereocenters. The van der Waals surface area contributed by atoms with Crippen molar-refractivity contribution in [3.05, 3.63) is 72.3 Å². The predicted molar refractivity (Wildman–Crippen MR) is 96.7 cm³/mol. The van der Waals surface area contributed by atoms with Gasteiger partial charge in [-0.05, 0) is 43.4 Å². The highest BCUT2D eigenvalue weighted by Crippen LogP contribution is 2.23. The van der Waals surface area contributed by atoms with Gasteiger partial charge in [0.2, 0.25) is 11.8 Å². The maximum absolute atomic E-state index is 13.1. The third kappa shape index (κ3) is 3.90. The largest absolute Gasteiger partial charge is 0.419 e. The number of H-pyrrole nitrogens is 1. The number of aromatic nitrogens is 5. The predicted octanol–water partition coefficient (Wildman–Crippen LogP) is 3.29. The van der Waals surface area contributed by atoms with Crippen molar-refractivity contribution in [3.8, 4) is 22.7 Å². The second kappa shape index (κ2) is 7.46. The summed E-state index contributed by atoms with van der Waals surface area (Å²) in [5, 5.41) is 15.3. The van der Waals surface area contributed by atoms with Crippen molar-refractivity contribution in [2.75, 3.05) is 7.05 Å². The van der Waals surface area contributed by atoms with Crippen molar-refractivity contribution in [3.63, 3.8) is 0 Å². The second-order valence-electron chi connectivity index (χ2n) is 6.19. The molecule has 8 heteroatoms. The topological polar surface area (TPSA) is 83.7 Å². The zero-order valence-electron chi connectivity index (χ0n) is 14.6. The van der Waals surface area contributed by atoms with Crippen LogP contribution in [0.4, 0.5) is 4.39 Å². The van der Waals surface area contributed by atoms with Crippen molar-refractivity contribution < 1.29 is 8.81 Å². The highest BCUT2D eigenvalue weighted by atomic mass is 19.1. The van der Waals surface area contributed by atoms with Gasteiger partial charge in [0.1, 0.15) is 5.82 Å². The molecule has 3 heterocycles. The van der Waals surface area contributed by atoms with Gasteiger partial charge in [0.25, 0.3) is 0 Å². The Morgan fingerprint density at radius 1 is 1.04 bits per heavy atom. The molecule has 1 aromatic carbocycles. The lowest BCUT2D eigenvalue weighted by Gasteiger charge is -2.14. The molecule has 1 N–H and O–H groups in total. The van der Waals surface area contributed by atoms with Crippen LogP contribution in [-0.4, -0.2) is 37.3 Å². The van der Waals surface area contributed by atoms with Crippen LogP contribution in [0.25, 0.3) is 22.7 Å². The molecule has 0 amide bonds. The fraction of sp³-hybridized carbons (Fsp3) is 0.158. The van der Waals surface area contributed by atoms with Crippen molar-refractivity contribution in [1.29, 1.82) is 0 Å². The van der Waals surface area contributed by atoms with Crippen LogP contribution in [0.5, 0.6) is 0 Å². The standard InChI is InChI=1S/C19H17FN6O/c1-26(12-17-23-25-19(27-17)14-3-2-8-21-9-14)11-15-10-22-24-18(15)13-4-6-16(20)7-5-13/h2-10H,11-12H2,1H3,(H,22,24). The Balaban J connectivity index is 1.45. The van der Waals surface area contributed by atoms with Gasteiger partial charge in [0.05, 0.1) is 24.0 Å². The van der Waals surface area contributed by atoms with Crippen molar-refractivity contribution in [2.24, 2.45) is 0 Å². The maximum Gasteiger partial charge on any atom is 0.249 e. The minimum Gasteiger partial charge on any atom is -0.419 e. The van der Waals surface area contributed by atoms with E-state index in [9.17, 15) is 4.39 Å². The van der Waals surface area contributed by atoms with Crippen molar-refractivity contribution >= 4 is 0 Å². The molecule has 0 bridgehead atoms. The Hall–Kier alpha value is -3.39. The molecule has 0 unspecified atom stereocenters. The number of benzene rings is 1. The van der Waals surface area contributed by atoms with Gasteiger partial charge >= 0.3 is 0 Å². The van der Waals surface area contributed by atoms with Gasteiger partial charge in [-0.1, -0.05) is 0 Å². The Kier molecular flexibility index (Phi) is 4.71. The van der Waals surface area contributed by atoms with E-state index in [1.165, 1.54) is 12.1 Å². The van der Waals surface area contributed by atoms with Crippen LogP contribution >= 0.6 is 0 Å². The third-order valence-corrected chi connectivity index (χ3v) is 4.07. The first-order valence-corrected chi connectivity index (χ1v) is 8.38. The molecule has 4 aromatic rings. The monoisotopic (exact) mass is 364 g/mol. The first kappa shape index (κ1) is 17.0. The molecule has 0 aliphatic carbocycles. The number of hydrogen-bond donors (Lipinski definition) is 1. The molecule has 0 saturated heterocycles. The van der Waals surface area contributed by atoms with E-state index < -0.39 is 0 Å². The minimum absolute atomic E-state index is 0.266. The van der Waals surface area contributed by atoms with E-state index in [4.69, 9.17) is 4.42 Å². The van der Waals surface area contributed by atoms with Crippen LogP contribution in [0.3, 0.4) is 0 Å². The van der Waals surface area contributed by atoms with Crippen LogP contribution in [0.2, 0.25) is 0 Å². The summed E-state index contributed by atoms with van der Waals surface area (Å²) in [7, 11) is 1.95. The average molecular weight is 364 g/mol. The van der Waals surface area contributed by atoms with E-state index in [0.717, 1.165) is 22.4 Å². The normalized spacial score (nSPS) is 11.2. The lowest BCUT2D eigenvalue weighted by atomic mass is 10.1. The Labute approximate surface area is 154 Å². The number of nitrogens with zero attached hydrogens (tertiary/aromatic N) is 5. The summed E-state index contributed by atoms with van der Waals surface area (Å²) in [5.74, 6) is 0.697. The fourth-order valence-electron chi connectivity index (χ4n) is 2.80. The summed E-state index contributed by atoms with van der Waals surface area (Å²) in [6.07, 6.45) is 5.14. The minimum atomic E-state index is -0.266. The van der Waals surface area contributed by atoms with Gasteiger partial charge < -0.3 is 4.42 Å².